The molecule has 0 amide bonds. The van der Waals surface area contributed by atoms with Crippen LogP contribution in [0.2, 0.25) is 0 Å². The molecule has 4 heteroatoms. The molecular weight excluding hydrogens is 264 g/mol. The summed E-state index contributed by atoms with van der Waals surface area (Å²) in [5, 5.41) is 12.1. The van der Waals surface area contributed by atoms with Crippen LogP contribution in [0.3, 0.4) is 0 Å². The van der Waals surface area contributed by atoms with Crippen LogP contribution in [-0.4, -0.2) is 44.6 Å². The first kappa shape index (κ1) is 16.3. The number of piperidine rings is 1. The van der Waals surface area contributed by atoms with Gasteiger partial charge in [-0.15, -0.1) is 0 Å². The molecule has 1 aromatic rings. The summed E-state index contributed by atoms with van der Waals surface area (Å²) in [4.78, 5) is 2.42. The molecule has 0 aliphatic carbocycles. The number of hydrogen-bond acceptors (Lipinski definition) is 4. The van der Waals surface area contributed by atoms with Gasteiger partial charge in [-0.1, -0.05) is 19.1 Å². The Morgan fingerprint density at radius 2 is 1.95 bits per heavy atom. The fourth-order valence-corrected chi connectivity index (χ4v) is 3.02. The summed E-state index contributed by atoms with van der Waals surface area (Å²) in [5.74, 6) is 0. The summed E-state index contributed by atoms with van der Waals surface area (Å²) in [6.07, 6.45) is 3.48. The van der Waals surface area contributed by atoms with Crippen molar-refractivity contribution < 1.29 is 9.84 Å². The molecule has 0 aromatic heterocycles. The predicted octanol–water partition coefficient (Wildman–Crippen LogP) is 2.33. The molecule has 1 aliphatic rings. The first-order chi connectivity index (χ1) is 10.3. The monoisotopic (exact) mass is 292 g/mol. The van der Waals surface area contributed by atoms with E-state index in [1.807, 2.05) is 7.05 Å². The zero-order valence-corrected chi connectivity index (χ0v) is 13.2. The molecule has 2 rings (SSSR count). The van der Waals surface area contributed by atoms with Crippen LogP contribution in [0, 0.1) is 0 Å². The lowest BCUT2D eigenvalue weighted by Gasteiger charge is -2.33. The van der Waals surface area contributed by atoms with Crippen molar-refractivity contribution in [1.82, 2.24) is 5.32 Å². The summed E-state index contributed by atoms with van der Waals surface area (Å²) in [5.41, 5.74) is 2.65. The highest BCUT2D eigenvalue weighted by Crippen LogP contribution is 2.24. The van der Waals surface area contributed by atoms with E-state index >= 15 is 0 Å². The normalized spacial score (nSPS) is 18.0. The standard InChI is InChI=1S/C17H28N2O2/c1-3-17(18-2)14-4-6-15(7-5-14)19-10-8-16(9-11-19)21-13-12-20/h4-7,16-18,20H,3,8-13H2,1-2H3. The third-order valence-corrected chi connectivity index (χ3v) is 4.30. The van der Waals surface area contributed by atoms with Crippen LogP contribution in [0.15, 0.2) is 24.3 Å². The topological polar surface area (TPSA) is 44.7 Å². The van der Waals surface area contributed by atoms with Crippen LogP contribution in [0.5, 0.6) is 0 Å². The Labute approximate surface area is 128 Å². The zero-order valence-electron chi connectivity index (χ0n) is 13.2. The van der Waals surface area contributed by atoms with Gasteiger partial charge < -0.3 is 20.1 Å². The number of aliphatic hydroxyl groups is 1. The lowest BCUT2D eigenvalue weighted by Crippen LogP contribution is -2.37. The van der Waals surface area contributed by atoms with Gasteiger partial charge in [-0.05, 0) is 44.0 Å². The van der Waals surface area contributed by atoms with Crippen LogP contribution in [0.1, 0.15) is 37.8 Å². The van der Waals surface area contributed by atoms with Crippen LogP contribution in [-0.2, 0) is 4.74 Å². The molecule has 118 valence electrons. The van der Waals surface area contributed by atoms with Gasteiger partial charge in [0.1, 0.15) is 0 Å². The smallest absolute Gasteiger partial charge is 0.0701 e. The van der Waals surface area contributed by atoms with Gasteiger partial charge in [-0.2, -0.15) is 0 Å². The average molecular weight is 292 g/mol. The molecule has 1 heterocycles. The van der Waals surface area contributed by atoms with Crippen molar-refractivity contribution in [2.75, 3.05) is 38.3 Å². The number of aliphatic hydroxyl groups excluding tert-OH is 1. The quantitative estimate of drug-likeness (QED) is 0.809. The number of rotatable bonds is 7. The van der Waals surface area contributed by atoms with E-state index in [1.54, 1.807) is 0 Å². The minimum atomic E-state index is 0.117. The largest absolute Gasteiger partial charge is 0.394 e. The average Bonchev–Trinajstić information content (AvgIpc) is 2.55. The van der Waals surface area contributed by atoms with Crippen molar-refractivity contribution >= 4 is 5.69 Å². The number of benzene rings is 1. The SMILES string of the molecule is CCC(NC)c1ccc(N2CCC(OCCO)CC2)cc1. The lowest BCUT2D eigenvalue weighted by atomic mass is 10.0. The van der Waals surface area contributed by atoms with E-state index in [0.717, 1.165) is 32.4 Å². The van der Waals surface area contributed by atoms with Gasteiger partial charge in [0.15, 0.2) is 0 Å². The van der Waals surface area contributed by atoms with E-state index in [1.165, 1.54) is 11.3 Å². The van der Waals surface area contributed by atoms with Gasteiger partial charge >= 0.3 is 0 Å². The van der Waals surface area contributed by atoms with Crippen LogP contribution < -0.4 is 10.2 Å². The molecule has 1 atom stereocenters. The molecule has 1 unspecified atom stereocenters. The Morgan fingerprint density at radius 1 is 1.29 bits per heavy atom. The van der Waals surface area contributed by atoms with Gasteiger partial charge in [0.05, 0.1) is 19.3 Å². The molecule has 21 heavy (non-hydrogen) atoms. The summed E-state index contributed by atoms with van der Waals surface area (Å²) in [6.45, 7) is 4.83. The number of nitrogens with zero attached hydrogens (tertiary/aromatic N) is 1. The summed E-state index contributed by atoms with van der Waals surface area (Å²) in [7, 11) is 2.01. The van der Waals surface area contributed by atoms with Gasteiger partial charge in [0.2, 0.25) is 0 Å². The maximum Gasteiger partial charge on any atom is 0.0701 e. The van der Waals surface area contributed by atoms with Crippen molar-refractivity contribution in [2.45, 2.75) is 38.3 Å². The molecule has 2 N–H and O–H groups in total. The Hall–Kier alpha value is -1.10. The maximum atomic E-state index is 8.80. The highest BCUT2D eigenvalue weighted by atomic mass is 16.5. The van der Waals surface area contributed by atoms with Crippen molar-refractivity contribution in [1.29, 1.82) is 0 Å². The molecule has 1 fully saturated rings. The van der Waals surface area contributed by atoms with Gasteiger partial charge in [0, 0.05) is 24.8 Å². The minimum Gasteiger partial charge on any atom is -0.394 e. The predicted molar refractivity (Wildman–Crippen MR) is 86.8 cm³/mol. The maximum absolute atomic E-state index is 8.80. The van der Waals surface area contributed by atoms with E-state index in [0.29, 0.717) is 18.8 Å². The van der Waals surface area contributed by atoms with Crippen LogP contribution in [0.25, 0.3) is 0 Å². The molecule has 1 aromatic carbocycles. The van der Waals surface area contributed by atoms with Crippen molar-refractivity contribution in [2.24, 2.45) is 0 Å². The van der Waals surface area contributed by atoms with Crippen molar-refractivity contribution in [3.05, 3.63) is 29.8 Å². The van der Waals surface area contributed by atoms with E-state index in [9.17, 15) is 0 Å². The number of nitrogens with one attached hydrogen (secondary N) is 1. The highest BCUT2D eigenvalue weighted by molar-refractivity contribution is 5.48. The third kappa shape index (κ3) is 4.43. The van der Waals surface area contributed by atoms with E-state index in [4.69, 9.17) is 9.84 Å². The van der Waals surface area contributed by atoms with Gasteiger partial charge in [-0.3, -0.25) is 0 Å². The van der Waals surface area contributed by atoms with Gasteiger partial charge in [0.25, 0.3) is 0 Å². The second-order valence-corrected chi connectivity index (χ2v) is 5.62. The molecule has 0 saturated carbocycles. The van der Waals surface area contributed by atoms with E-state index in [-0.39, 0.29) is 6.61 Å². The fraction of sp³-hybridized carbons (Fsp3) is 0.647. The minimum absolute atomic E-state index is 0.117. The number of hydrogen-bond donors (Lipinski definition) is 2. The highest BCUT2D eigenvalue weighted by Gasteiger charge is 2.19. The summed E-state index contributed by atoms with van der Waals surface area (Å²) in [6, 6.07) is 9.36. The third-order valence-electron chi connectivity index (χ3n) is 4.30. The fourth-order valence-electron chi connectivity index (χ4n) is 3.02. The molecule has 1 saturated heterocycles. The van der Waals surface area contributed by atoms with Gasteiger partial charge in [-0.25, -0.2) is 0 Å². The van der Waals surface area contributed by atoms with E-state index in [2.05, 4.69) is 41.4 Å². The Morgan fingerprint density at radius 3 is 2.48 bits per heavy atom. The van der Waals surface area contributed by atoms with Crippen molar-refractivity contribution in [3.63, 3.8) is 0 Å². The zero-order chi connectivity index (χ0) is 15.1. The summed E-state index contributed by atoms with van der Waals surface area (Å²) >= 11 is 0. The molecular formula is C17H28N2O2. The Balaban J connectivity index is 1.89. The Bertz CT molecular complexity index is 396. The first-order valence-corrected chi connectivity index (χ1v) is 8.03. The molecule has 0 bridgehead atoms. The van der Waals surface area contributed by atoms with Crippen molar-refractivity contribution in [3.8, 4) is 0 Å². The number of anilines is 1. The summed E-state index contributed by atoms with van der Waals surface area (Å²) < 4.78 is 5.61. The first-order valence-electron chi connectivity index (χ1n) is 8.03. The number of ether oxygens (including phenoxy) is 1. The second kappa shape index (κ2) is 8.37. The molecule has 0 radical (unpaired) electrons. The molecule has 4 nitrogen and oxygen atoms in total. The van der Waals surface area contributed by atoms with E-state index < -0.39 is 0 Å². The lowest BCUT2D eigenvalue weighted by molar-refractivity contribution is 0.0159. The Kier molecular flexibility index (Phi) is 6.49. The second-order valence-electron chi connectivity index (χ2n) is 5.62. The van der Waals surface area contributed by atoms with Crippen LogP contribution >= 0.6 is 0 Å². The molecule has 1 aliphatic heterocycles. The molecule has 0 spiro atoms. The van der Waals surface area contributed by atoms with Crippen LogP contribution in [0.4, 0.5) is 5.69 Å².